The van der Waals surface area contributed by atoms with Crippen LogP contribution in [-0.4, -0.2) is 77.6 Å². The molecule has 0 aromatic heterocycles. The predicted octanol–water partition coefficient (Wildman–Crippen LogP) is 1.03. The lowest BCUT2D eigenvalue weighted by Crippen LogP contribution is -2.58. The highest BCUT2D eigenvalue weighted by Gasteiger charge is 2.52. The Balaban J connectivity index is 1.75. The number of aliphatic hydroxyl groups excluding tert-OH is 1. The normalized spacial score (nSPS) is 23.7. The molecule has 0 radical (unpaired) electrons. The summed E-state index contributed by atoms with van der Waals surface area (Å²) in [4.78, 5) is 36.3. The van der Waals surface area contributed by atoms with Crippen molar-refractivity contribution in [2.24, 2.45) is 0 Å². The molecule has 1 fully saturated rings. The Hall–Kier alpha value is -4.55. The van der Waals surface area contributed by atoms with Gasteiger partial charge >= 0.3 is 17.9 Å². The Kier molecular flexibility index (Phi) is 8.05. The van der Waals surface area contributed by atoms with Gasteiger partial charge < -0.3 is 45.2 Å². The molecule has 37 heavy (non-hydrogen) atoms. The molecular formula is C25H24O12. The smallest absolute Gasteiger partial charge is 0.335 e. The van der Waals surface area contributed by atoms with Crippen LogP contribution in [0.4, 0.5) is 0 Å². The summed E-state index contributed by atoms with van der Waals surface area (Å²) in [5.41, 5.74) is -1.82. The van der Waals surface area contributed by atoms with Gasteiger partial charge in [-0.05, 0) is 47.5 Å². The lowest BCUT2D eigenvalue weighted by molar-refractivity contribution is -0.204. The van der Waals surface area contributed by atoms with Crippen molar-refractivity contribution in [3.8, 4) is 23.0 Å². The van der Waals surface area contributed by atoms with Crippen LogP contribution >= 0.6 is 0 Å². The third-order valence-electron chi connectivity index (χ3n) is 5.57. The van der Waals surface area contributed by atoms with E-state index in [-0.39, 0.29) is 11.5 Å². The van der Waals surface area contributed by atoms with Crippen molar-refractivity contribution < 1.29 is 59.6 Å². The van der Waals surface area contributed by atoms with E-state index in [0.717, 1.165) is 18.2 Å². The van der Waals surface area contributed by atoms with Crippen LogP contribution < -0.4 is 0 Å². The number of carbonyl (C=O) groups excluding carboxylic acids is 2. The van der Waals surface area contributed by atoms with E-state index in [1.54, 1.807) is 0 Å². The Bertz CT molecular complexity index is 1250. The first kappa shape index (κ1) is 27.0. The standard InChI is InChI=1S/C25H24O12/c26-15-5-1-13(9-17(15)28)3-7-21(31)36-20-12-25(35,24(33)34)11-19(30)23(20)37-22(32)8-4-14-2-6-16(27)18(29)10-14/h1-10,19-20,23,26-30,35H,11-12H2,(H,33,34)/b7-3+,8-4+/t19-,20+,23+,25+/m0/s1. The minimum Gasteiger partial charge on any atom is -0.504 e. The van der Waals surface area contributed by atoms with Crippen LogP contribution in [0.3, 0.4) is 0 Å². The van der Waals surface area contributed by atoms with Gasteiger partial charge in [0.2, 0.25) is 0 Å². The van der Waals surface area contributed by atoms with Crippen LogP contribution in [0.2, 0.25) is 0 Å². The van der Waals surface area contributed by atoms with Gasteiger partial charge in [0.15, 0.2) is 34.7 Å². The maximum Gasteiger partial charge on any atom is 0.335 e. The van der Waals surface area contributed by atoms with Crippen molar-refractivity contribution in [3.63, 3.8) is 0 Å². The number of hydrogen-bond donors (Lipinski definition) is 7. The summed E-state index contributed by atoms with van der Waals surface area (Å²) in [6, 6.07) is 7.50. The average Bonchev–Trinajstić information content (AvgIpc) is 2.82. The number of benzene rings is 2. The van der Waals surface area contributed by atoms with Gasteiger partial charge in [-0.25, -0.2) is 14.4 Å². The molecule has 0 heterocycles. The van der Waals surface area contributed by atoms with E-state index in [1.807, 2.05) is 0 Å². The summed E-state index contributed by atoms with van der Waals surface area (Å²) in [5.74, 6) is -5.29. The lowest BCUT2D eigenvalue weighted by atomic mass is 9.79. The number of esters is 2. The number of rotatable bonds is 7. The van der Waals surface area contributed by atoms with Crippen molar-refractivity contribution in [1.82, 2.24) is 0 Å². The fourth-order valence-electron chi connectivity index (χ4n) is 3.66. The first-order chi connectivity index (χ1) is 17.4. The largest absolute Gasteiger partial charge is 0.504 e. The van der Waals surface area contributed by atoms with Crippen LogP contribution in [0.25, 0.3) is 12.2 Å². The predicted molar refractivity (Wildman–Crippen MR) is 125 cm³/mol. The second-order valence-electron chi connectivity index (χ2n) is 8.35. The molecule has 0 saturated heterocycles. The number of carbonyl (C=O) groups is 3. The Morgan fingerprint density at radius 2 is 1.27 bits per heavy atom. The highest BCUT2D eigenvalue weighted by molar-refractivity contribution is 5.88. The Morgan fingerprint density at radius 1 is 0.784 bits per heavy atom. The molecule has 0 unspecified atom stereocenters. The van der Waals surface area contributed by atoms with Crippen LogP contribution in [0, 0.1) is 0 Å². The van der Waals surface area contributed by atoms with Gasteiger partial charge in [0.05, 0.1) is 6.10 Å². The molecule has 3 rings (SSSR count). The summed E-state index contributed by atoms with van der Waals surface area (Å²) in [5, 5.41) is 68.0. The fourth-order valence-corrected chi connectivity index (χ4v) is 3.66. The summed E-state index contributed by atoms with van der Waals surface area (Å²) in [7, 11) is 0. The SMILES string of the molecule is O=C(/C=C/c1ccc(O)c(O)c1)O[C@@H]1[C@@H](O)C[C@](O)(C(=O)O)C[C@H]1OC(=O)/C=C/c1ccc(O)c(O)c1. The number of hydrogen-bond acceptors (Lipinski definition) is 11. The zero-order valence-electron chi connectivity index (χ0n) is 19.1. The molecule has 2 aromatic carbocycles. The molecule has 2 aromatic rings. The number of aromatic hydroxyl groups is 4. The molecule has 0 spiro atoms. The van der Waals surface area contributed by atoms with Gasteiger partial charge in [-0.3, -0.25) is 0 Å². The van der Waals surface area contributed by atoms with Crippen molar-refractivity contribution in [3.05, 3.63) is 59.7 Å². The van der Waals surface area contributed by atoms with Gasteiger partial charge in [-0.2, -0.15) is 0 Å². The minimum atomic E-state index is -2.46. The van der Waals surface area contributed by atoms with E-state index in [4.69, 9.17) is 9.47 Å². The van der Waals surface area contributed by atoms with Crippen LogP contribution in [0.15, 0.2) is 48.6 Å². The third kappa shape index (κ3) is 6.78. The van der Waals surface area contributed by atoms with Gasteiger partial charge in [-0.15, -0.1) is 0 Å². The molecule has 1 aliphatic carbocycles. The average molecular weight is 516 g/mol. The summed E-state index contributed by atoms with van der Waals surface area (Å²) >= 11 is 0. The molecule has 196 valence electrons. The number of phenolic OH excluding ortho intramolecular Hbond substituents is 4. The third-order valence-corrected chi connectivity index (χ3v) is 5.57. The maximum atomic E-state index is 12.4. The summed E-state index contributed by atoms with van der Waals surface area (Å²) in [6.07, 6.45) is -1.86. The van der Waals surface area contributed by atoms with E-state index < -0.39 is 66.2 Å². The molecular weight excluding hydrogens is 492 g/mol. The number of phenols is 4. The van der Waals surface area contributed by atoms with Crippen molar-refractivity contribution in [2.45, 2.75) is 36.8 Å². The zero-order valence-corrected chi connectivity index (χ0v) is 19.1. The number of ether oxygens (including phenoxy) is 2. The second kappa shape index (κ2) is 11.0. The van der Waals surface area contributed by atoms with Gasteiger partial charge in [0.1, 0.15) is 6.10 Å². The van der Waals surface area contributed by atoms with Crippen LogP contribution in [0.5, 0.6) is 23.0 Å². The molecule has 0 bridgehead atoms. The zero-order chi connectivity index (χ0) is 27.3. The molecule has 1 aliphatic rings. The molecule has 0 amide bonds. The van der Waals surface area contributed by atoms with E-state index in [2.05, 4.69) is 0 Å². The van der Waals surface area contributed by atoms with E-state index >= 15 is 0 Å². The highest BCUT2D eigenvalue weighted by Crippen LogP contribution is 2.33. The monoisotopic (exact) mass is 516 g/mol. The van der Waals surface area contributed by atoms with E-state index in [0.29, 0.717) is 11.1 Å². The van der Waals surface area contributed by atoms with E-state index in [1.165, 1.54) is 42.5 Å². The van der Waals surface area contributed by atoms with Crippen molar-refractivity contribution in [1.29, 1.82) is 0 Å². The van der Waals surface area contributed by atoms with Gasteiger partial charge in [-0.1, -0.05) is 12.1 Å². The Labute approximate surface area is 209 Å². The molecule has 4 atom stereocenters. The molecule has 0 aliphatic heterocycles. The fraction of sp³-hybridized carbons (Fsp3) is 0.240. The van der Waals surface area contributed by atoms with Gasteiger partial charge in [0.25, 0.3) is 0 Å². The van der Waals surface area contributed by atoms with Crippen molar-refractivity contribution >= 4 is 30.1 Å². The molecule has 7 N–H and O–H groups in total. The molecule has 1 saturated carbocycles. The van der Waals surface area contributed by atoms with E-state index in [9.17, 15) is 50.1 Å². The first-order valence-corrected chi connectivity index (χ1v) is 10.8. The molecule has 12 heteroatoms. The van der Waals surface area contributed by atoms with Gasteiger partial charge in [0, 0.05) is 25.0 Å². The molecule has 12 nitrogen and oxygen atoms in total. The number of carboxylic acids is 1. The van der Waals surface area contributed by atoms with Crippen LogP contribution in [-0.2, 0) is 23.9 Å². The second-order valence-corrected chi connectivity index (χ2v) is 8.35. The quantitative estimate of drug-likeness (QED) is 0.156. The lowest BCUT2D eigenvalue weighted by Gasteiger charge is -2.40. The minimum absolute atomic E-state index is 0.311. The van der Waals surface area contributed by atoms with Crippen LogP contribution in [0.1, 0.15) is 24.0 Å². The first-order valence-electron chi connectivity index (χ1n) is 10.8. The summed E-state index contributed by atoms with van der Waals surface area (Å²) in [6.45, 7) is 0. The topological polar surface area (TPSA) is 211 Å². The Morgan fingerprint density at radius 3 is 1.73 bits per heavy atom. The highest BCUT2D eigenvalue weighted by atomic mass is 16.6. The summed E-state index contributed by atoms with van der Waals surface area (Å²) < 4.78 is 10.4. The number of carboxylic acid groups (broad SMARTS) is 1. The van der Waals surface area contributed by atoms with Crippen molar-refractivity contribution in [2.75, 3.05) is 0 Å². The maximum absolute atomic E-state index is 12.4. The number of aliphatic hydroxyl groups is 2. The number of aliphatic carboxylic acids is 1.